The molecule has 0 unspecified atom stereocenters. The lowest BCUT2D eigenvalue weighted by Gasteiger charge is -2.37. The van der Waals surface area contributed by atoms with Gasteiger partial charge in [-0.2, -0.15) is 31.4 Å². The number of hydrogen-bond donors (Lipinski definition) is 1. The van der Waals surface area contributed by atoms with Crippen LogP contribution in [-0.4, -0.2) is 45.9 Å². The van der Waals surface area contributed by atoms with Crippen LogP contribution in [0, 0.1) is 13.8 Å². The summed E-state index contributed by atoms with van der Waals surface area (Å²) >= 11 is 0. The highest BCUT2D eigenvalue weighted by Gasteiger charge is 2.73. The Labute approximate surface area is 181 Å². The Bertz CT molecular complexity index is 939. The molecule has 2 aromatic rings. The van der Waals surface area contributed by atoms with Crippen LogP contribution in [0.25, 0.3) is 5.69 Å². The summed E-state index contributed by atoms with van der Waals surface area (Å²) in [6.07, 6.45) is -9.59. The number of nitrogens with zero attached hydrogens (tertiary/aromatic N) is 2. The summed E-state index contributed by atoms with van der Waals surface area (Å²) in [6.45, 7) is 8.96. The van der Waals surface area contributed by atoms with Crippen LogP contribution in [-0.2, 0) is 10.3 Å². The van der Waals surface area contributed by atoms with Gasteiger partial charge in [-0.3, -0.25) is 0 Å². The van der Waals surface area contributed by atoms with Crippen LogP contribution >= 0.6 is 0 Å². The molecule has 0 atom stereocenters. The van der Waals surface area contributed by atoms with E-state index in [4.69, 9.17) is 4.65 Å². The van der Waals surface area contributed by atoms with Crippen molar-refractivity contribution in [2.75, 3.05) is 0 Å². The van der Waals surface area contributed by atoms with Crippen molar-refractivity contribution in [2.45, 2.75) is 70.8 Å². The number of halogens is 7. The molecule has 0 spiro atoms. The normalized spacial score (nSPS) is 14.1. The topological polar surface area (TPSA) is 47.3 Å². The lowest BCUT2D eigenvalue weighted by Crippen LogP contribution is -2.50. The van der Waals surface area contributed by atoms with Crippen molar-refractivity contribution in [3.05, 3.63) is 41.2 Å². The molecule has 0 saturated carbocycles. The Morgan fingerprint density at radius 2 is 1.38 bits per heavy atom. The van der Waals surface area contributed by atoms with E-state index in [1.807, 2.05) is 0 Å². The molecule has 0 aliphatic heterocycles. The molecule has 0 amide bonds. The number of aromatic nitrogens is 2. The van der Waals surface area contributed by atoms with Gasteiger partial charge in [-0.25, -0.2) is 9.07 Å². The lowest BCUT2D eigenvalue weighted by molar-refractivity contribution is -0.348. The maximum absolute atomic E-state index is 14.4. The molecule has 32 heavy (non-hydrogen) atoms. The number of rotatable bonds is 6. The van der Waals surface area contributed by atoms with Gasteiger partial charge < -0.3 is 9.76 Å². The summed E-state index contributed by atoms with van der Waals surface area (Å²) in [5.41, 5.74) is -8.66. The highest BCUT2D eigenvalue weighted by Crippen LogP contribution is 2.53. The van der Waals surface area contributed by atoms with E-state index in [0.717, 1.165) is 0 Å². The number of aliphatic hydroxyl groups is 1. The van der Waals surface area contributed by atoms with Gasteiger partial charge in [-0.05, 0) is 58.1 Å². The van der Waals surface area contributed by atoms with Crippen molar-refractivity contribution < 1.29 is 40.5 Å². The predicted octanol–water partition coefficient (Wildman–Crippen LogP) is 4.59. The van der Waals surface area contributed by atoms with Crippen LogP contribution in [0.3, 0.4) is 0 Å². The van der Waals surface area contributed by atoms with Crippen molar-refractivity contribution in [1.82, 2.24) is 9.78 Å². The van der Waals surface area contributed by atoms with Crippen LogP contribution < -0.4 is 5.46 Å². The summed E-state index contributed by atoms with van der Waals surface area (Å²) in [6, 6.07) is 1.03. The second-order valence-corrected chi connectivity index (χ2v) is 8.64. The van der Waals surface area contributed by atoms with Crippen LogP contribution in [0.2, 0.25) is 0 Å². The zero-order chi connectivity index (χ0) is 24.9. The second-order valence-electron chi connectivity index (χ2n) is 8.64. The number of aryl methyl sites for hydroxylation is 2. The van der Waals surface area contributed by atoms with Crippen molar-refractivity contribution in [3.8, 4) is 5.69 Å². The maximum Gasteiger partial charge on any atom is 0.435 e. The minimum absolute atomic E-state index is 0.0390. The Hall–Kier alpha value is -2.08. The summed E-state index contributed by atoms with van der Waals surface area (Å²) in [4.78, 5) is 0. The number of benzene rings is 1. The van der Waals surface area contributed by atoms with Crippen LogP contribution in [0.1, 0.15) is 44.4 Å². The van der Waals surface area contributed by atoms with E-state index >= 15 is 0 Å². The molecule has 0 saturated heterocycles. The van der Waals surface area contributed by atoms with Gasteiger partial charge in [0.05, 0.1) is 16.9 Å². The first-order valence-corrected chi connectivity index (χ1v) is 9.45. The minimum atomic E-state index is -6.19. The molecule has 1 radical (unpaired) electrons. The molecular weight excluding hydrogens is 444 g/mol. The van der Waals surface area contributed by atoms with E-state index in [-0.39, 0.29) is 16.8 Å². The third-order valence-electron chi connectivity index (χ3n) is 5.46. The Morgan fingerprint density at radius 3 is 1.78 bits per heavy atom. The van der Waals surface area contributed by atoms with Gasteiger partial charge >= 0.3 is 25.5 Å². The molecule has 1 aromatic heterocycles. The Morgan fingerprint density at radius 1 is 0.906 bits per heavy atom. The summed E-state index contributed by atoms with van der Waals surface area (Å²) in [5.74, 6) is 0. The molecule has 1 heterocycles. The molecule has 0 aliphatic carbocycles. The highest BCUT2D eigenvalue weighted by atomic mass is 19.4. The van der Waals surface area contributed by atoms with Gasteiger partial charge in [0.15, 0.2) is 0 Å². The predicted molar refractivity (Wildman–Crippen MR) is 105 cm³/mol. The van der Waals surface area contributed by atoms with Crippen LogP contribution in [0.15, 0.2) is 24.5 Å². The molecule has 0 bridgehead atoms. The summed E-state index contributed by atoms with van der Waals surface area (Å²) in [5, 5.41) is 14.2. The molecule has 0 fully saturated rings. The van der Waals surface area contributed by atoms with Gasteiger partial charge in [0.1, 0.15) is 0 Å². The van der Waals surface area contributed by atoms with E-state index in [1.165, 1.54) is 38.4 Å². The van der Waals surface area contributed by atoms with E-state index in [0.29, 0.717) is 17.6 Å². The van der Waals surface area contributed by atoms with Gasteiger partial charge in [0.25, 0.3) is 0 Å². The number of hydrogen-bond acceptors (Lipinski definition) is 3. The first-order valence-electron chi connectivity index (χ1n) is 9.45. The zero-order valence-electron chi connectivity index (χ0n) is 18.3. The average molecular weight is 467 g/mol. The van der Waals surface area contributed by atoms with Crippen molar-refractivity contribution in [2.24, 2.45) is 0 Å². The first kappa shape index (κ1) is 26.2. The molecule has 177 valence electrons. The van der Waals surface area contributed by atoms with E-state index in [2.05, 4.69) is 5.10 Å². The van der Waals surface area contributed by atoms with Crippen molar-refractivity contribution >= 4 is 12.9 Å². The molecule has 1 aromatic carbocycles. The highest BCUT2D eigenvalue weighted by molar-refractivity contribution is 6.46. The standard InChI is InChI=1S/C20H23BF7N2O2/c1-11-7-13(18(22,19(23,24)25)20(26,27)28)8-12(2)15(11)30-10-14(9-29-30)21-32-17(5,6)16(3,4)31/h7-10,31H,1-6H3. The Kier molecular flexibility index (Phi) is 6.59. The van der Waals surface area contributed by atoms with Gasteiger partial charge in [0.2, 0.25) is 0 Å². The van der Waals surface area contributed by atoms with Crippen molar-refractivity contribution in [1.29, 1.82) is 0 Å². The molecular formula is C20H23BF7N2O2. The van der Waals surface area contributed by atoms with E-state index in [1.54, 1.807) is 27.7 Å². The quantitative estimate of drug-likeness (QED) is 0.500. The number of alkyl halides is 7. The maximum atomic E-state index is 14.4. The Balaban J connectivity index is 2.43. The van der Waals surface area contributed by atoms with Gasteiger partial charge in [-0.1, -0.05) is 12.1 Å². The summed E-state index contributed by atoms with van der Waals surface area (Å²) < 4.78 is 99.8. The van der Waals surface area contributed by atoms with Crippen LogP contribution in [0.5, 0.6) is 0 Å². The van der Waals surface area contributed by atoms with Crippen LogP contribution in [0.4, 0.5) is 30.7 Å². The molecule has 1 N–H and O–H groups in total. The SMILES string of the molecule is Cc1cc(C(F)(C(F)(F)F)C(F)(F)F)cc(C)c1-n1cc([B]OC(C)(C)C(C)(C)O)cn1. The molecule has 4 nitrogen and oxygen atoms in total. The van der Waals surface area contributed by atoms with Gasteiger partial charge in [0, 0.05) is 18.0 Å². The third-order valence-corrected chi connectivity index (χ3v) is 5.46. The van der Waals surface area contributed by atoms with E-state index in [9.17, 15) is 35.8 Å². The van der Waals surface area contributed by atoms with Crippen molar-refractivity contribution in [3.63, 3.8) is 0 Å². The minimum Gasteiger partial charge on any atom is -0.427 e. The smallest absolute Gasteiger partial charge is 0.427 e. The first-order chi connectivity index (χ1) is 14.2. The second kappa shape index (κ2) is 8.05. The van der Waals surface area contributed by atoms with E-state index < -0.39 is 34.8 Å². The molecule has 2 rings (SSSR count). The fourth-order valence-electron chi connectivity index (χ4n) is 2.88. The average Bonchev–Trinajstić information content (AvgIpc) is 3.04. The largest absolute Gasteiger partial charge is 0.435 e. The lowest BCUT2D eigenvalue weighted by atomic mass is 9.84. The van der Waals surface area contributed by atoms with Gasteiger partial charge in [-0.15, -0.1) is 0 Å². The molecule has 12 heteroatoms. The summed E-state index contributed by atoms with van der Waals surface area (Å²) in [7, 11) is 1.32. The zero-order valence-corrected chi connectivity index (χ0v) is 18.3. The fraction of sp³-hybridized carbons (Fsp3) is 0.550. The molecule has 0 aliphatic rings. The fourth-order valence-corrected chi connectivity index (χ4v) is 2.88. The monoisotopic (exact) mass is 467 g/mol. The third kappa shape index (κ3) is 4.66.